The van der Waals surface area contributed by atoms with Crippen molar-refractivity contribution in [1.29, 1.82) is 0 Å². The Morgan fingerprint density at radius 2 is 2.40 bits per heavy atom. The Balaban J connectivity index is 1.90. The van der Waals surface area contributed by atoms with Crippen molar-refractivity contribution in [3.8, 4) is 10.8 Å². The molecule has 20 heavy (non-hydrogen) atoms. The molecule has 0 radical (unpaired) electrons. The molecule has 108 valence electrons. The number of hydrogen-bond donors (Lipinski definition) is 1. The molecule has 2 atom stereocenters. The number of nitrogens with zero attached hydrogens (tertiary/aromatic N) is 2. The summed E-state index contributed by atoms with van der Waals surface area (Å²) in [5.41, 5.74) is 7.37. The van der Waals surface area contributed by atoms with Crippen molar-refractivity contribution in [3.05, 3.63) is 22.8 Å². The first kappa shape index (κ1) is 13.8. The Bertz CT molecular complexity index is 591. The van der Waals surface area contributed by atoms with E-state index in [0.29, 0.717) is 17.6 Å². The van der Waals surface area contributed by atoms with Gasteiger partial charge in [-0.15, -0.1) is 11.3 Å². The Morgan fingerprint density at radius 3 is 3.15 bits per heavy atom. The van der Waals surface area contributed by atoms with Crippen LogP contribution in [0.25, 0.3) is 10.8 Å². The number of rotatable bonds is 3. The van der Waals surface area contributed by atoms with Gasteiger partial charge in [0.15, 0.2) is 5.82 Å². The fraction of sp³-hybridized carbons (Fsp3) is 0.600. The average molecular weight is 291 g/mol. The summed E-state index contributed by atoms with van der Waals surface area (Å²) in [7, 11) is 0. The summed E-state index contributed by atoms with van der Waals surface area (Å²) < 4.78 is 5.47. The van der Waals surface area contributed by atoms with Gasteiger partial charge in [0.2, 0.25) is 0 Å². The second-order valence-electron chi connectivity index (χ2n) is 5.91. The lowest BCUT2D eigenvalue weighted by atomic mass is 9.76. The fourth-order valence-corrected chi connectivity index (χ4v) is 4.03. The third kappa shape index (κ3) is 2.40. The third-order valence-corrected chi connectivity index (χ3v) is 5.17. The van der Waals surface area contributed by atoms with Crippen LogP contribution in [-0.2, 0) is 12.0 Å². The van der Waals surface area contributed by atoms with Gasteiger partial charge in [0.05, 0.1) is 10.4 Å². The second kappa shape index (κ2) is 5.30. The maximum Gasteiger partial charge on any atom is 0.268 e. The van der Waals surface area contributed by atoms with E-state index in [9.17, 15) is 0 Å². The maximum atomic E-state index is 6.53. The number of thiophene rings is 1. The van der Waals surface area contributed by atoms with Crippen molar-refractivity contribution in [1.82, 2.24) is 10.1 Å². The lowest BCUT2D eigenvalue weighted by molar-refractivity contribution is 0.222. The molecule has 1 aliphatic carbocycles. The molecule has 0 spiro atoms. The number of hydrogen-bond acceptors (Lipinski definition) is 5. The van der Waals surface area contributed by atoms with Gasteiger partial charge in [-0.3, -0.25) is 0 Å². The number of nitrogens with two attached hydrogens (primary N) is 1. The Kier molecular flexibility index (Phi) is 3.65. The molecule has 4 nitrogen and oxygen atoms in total. The first-order chi connectivity index (χ1) is 9.62. The average Bonchev–Trinajstić information content (AvgIpc) is 3.07. The summed E-state index contributed by atoms with van der Waals surface area (Å²) in [6.45, 7) is 4.38. The smallest absolute Gasteiger partial charge is 0.268 e. The monoisotopic (exact) mass is 291 g/mol. The fourth-order valence-electron chi connectivity index (χ4n) is 3.11. The molecule has 2 unspecified atom stereocenters. The predicted molar refractivity (Wildman–Crippen MR) is 80.5 cm³/mol. The van der Waals surface area contributed by atoms with E-state index in [-0.39, 0.29) is 0 Å². The van der Waals surface area contributed by atoms with E-state index < -0.39 is 5.54 Å². The first-order valence-electron chi connectivity index (χ1n) is 7.32. The summed E-state index contributed by atoms with van der Waals surface area (Å²) in [5, 5.41) is 6.24. The molecule has 0 aromatic carbocycles. The van der Waals surface area contributed by atoms with Gasteiger partial charge < -0.3 is 10.3 Å². The molecule has 2 heterocycles. The summed E-state index contributed by atoms with van der Waals surface area (Å²) in [6.07, 6.45) is 5.25. The van der Waals surface area contributed by atoms with Crippen LogP contribution < -0.4 is 5.73 Å². The van der Waals surface area contributed by atoms with Gasteiger partial charge in [-0.1, -0.05) is 31.8 Å². The normalized spacial score (nSPS) is 26.9. The van der Waals surface area contributed by atoms with E-state index >= 15 is 0 Å². The van der Waals surface area contributed by atoms with E-state index in [0.717, 1.165) is 30.6 Å². The number of aromatic nitrogens is 2. The quantitative estimate of drug-likeness (QED) is 0.936. The number of aryl methyl sites for hydroxylation is 1. The van der Waals surface area contributed by atoms with Crippen LogP contribution >= 0.6 is 11.3 Å². The van der Waals surface area contributed by atoms with E-state index in [1.54, 1.807) is 11.3 Å². The highest BCUT2D eigenvalue weighted by Crippen LogP contribution is 2.38. The van der Waals surface area contributed by atoms with Crippen LogP contribution in [0.3, 0.4) is 0 Å². The minimum absolute atomic E-state index is 0.414. The van der Waals surface area contributed by atoms with E-state index in [1.165, 1.54) is 12.0 Å². The van der Waals surface area contributed by atoms with Crippen molar-refractivity contribution in [3.63, 3.8) is 0 Å². The molecule has 0 aliphatic heterocycles. The van der Waals surface area contributed by atoms with Gasteiger partial charge in [-0.25, -0.2) is 0 Å². The van der Waals surface area contributed by atoms with Crippen LogP contribution in [0.2, 0.25) is 0 Å². The largest absolute Gasteiger partial charge is 0.333 e. The van der Waals surface area contributed by atoms with Gasteiger partial charge in [0, 0.05) is 0 Å². The molecule has 5 heteroatoms. The van der Waals surface area contributed by atoms with Gasteiger partial charge >= 0.3 is 0 Å². The Labute approximate surface area is 123 Å². The standard InChI is InChI=1S/C15H21N3OS/c1-3-11-6-8-20-12(11)13-17-14(18-19-13)15(16)7-4-5-10(2)9-15/h6,8,10H,3-5,7,9,16H2,1-2H3. The van der Waals surface area contributed by atoms with Gasteiger partial charge in [-0.2, -0.15) is 4.98 Å². The molecule has 2 N–H and O–H groups in total. The molecule has 0 amide bonds. The van der Waals surface area contributed by atoms with Crippen LogP contribution in [-0.4, -0.2) is 10.1 Å². The molecular formula is C15H21N3OS. The van der Waals surface area contributed by atoms with Crippen LogP contribution in [0.4, 0.5) is 0 Å². The van der Waals surface area contributed by atoms with Crippen molar-refractivity contribution >= 4 is 11.3 Å². The zero-order valence-corrected chi connectivity index (χ0v) is 12.9. The minimum atomic E-state index is -0.414. The lowest BCUT2D eigenvalue weighted by Crippen LogP contribution is -2.42. The van der Waals surface area contributed by atoms with Gasteiger partial charge in [-0.05, 0) is 42.2 Å². The highest BCUT2D eigenvalue weighted by atomic mass is 32.1. The Hall–Kier alpha value is -1.20. The van der Waals surface area contributed by atoms with E-state index in [2.05, 4.69) is 35.4 Å². The summed E-state index contributed by atoms with van der Waals surface area (Å²) >= 11 is 1.65. The summed E-state index contributed by atoms with van der Waals surface area (Å²) in [6, 6.07) is 2.12. The van der Waals surface area contributed by atoms with E-state index in [1.807, 2.05) is 0 Å². The lowest BCUT2D eigenvalue weighted by Gasteiger charge is -2.33. The van der Waals surface area contributed by atoms with E-state index in [4.69, 9.17) is 10.3 Å². The first-order valence-corrected chi connectivity index (χ1v) is 8.20. The topological polar surface area (TPSA) is 64.9 Å². The van der Waals surface area contributed by atoms with Crippen molar-refractivity contribution < 1.29 is 4.52 Å². The highest BCUT2D eigenvalue weighted by molar-refractivity contribution is 7.13. The van der Waals surface area contributed by atoms with Crippen molar-refractivity contribution in [2.75, 3.05) is 0 Å². The van der Waals surface area contributed by atoms with Crippen LogP contribution in [0, 0.1) is 5.92 Å². The maximum absolute atomic E-state index is 6.53. The van der Waals surface area contributed by atoms with Crippen molar-refractivity contribution in [2.45, 2.75) is 51.5 Å². The third-order valence-electron chi connectivity index (χ3n) is 4.23. The zero-order chi connectivity index (χ0) is 14.2. The minimum Gasteiger partial charge on any atom is -0.333 e. The molecule has 0 bridgehead atoms. The van der Waals surface area contributed by atoms with Gasteiger partial charge in [0.1, 0.15) is 0 Å². The molecule has 0 saturated heterocycles. The molecule has 2 aromatic heterocycles. The summed E-state index contributed by atoms with van der Waals surface area (Å²) in [5.74, 6) is 1.92. The molecule has 2 aromatic rings. The highest BCUT2D eigenvalue weighted by Gasteiger charge is 2.37. The van der Waals surface area contributed by atoms with Crippen LogP contribution in [0.1, 0.15) is 50.9 Å². The molecule has 1 saturated carbocycles. The van der Waals surface area contributed by atoms with Crippen LogP contribution in [0.5, 0.6) is 0 Å². The Morgan fingerprint density at radius 1 is 1.55 bits per heavy atom. The summed E-state index contributed by atoms with van der Waals surface area (Å²) in [4.78, 5) is 5.68. The van der Waals surface area contributed by atoms with Crippen molar-refractivity contribution in [2.24, 2.45) is 11.7 Å². The second-order valence-corrected chi connectivity index (χ2v) is 6.83. The SMILES string of the molecule is CCc1ccsc1-c1nc(C2(N)CCCC(C)C2)no1. The molecule has 1 aliphatic rings. The van der Waals surface area contributed by atoms with Gasteiger partial charge in [0.25, 0.3) is 5.89 Å². The van der Waals surface area contributed by atoms with Crippen LogP contribution in [0.15, 0.2) is 16.0 Å². The molecule has 3 rings (SSSR count). The molecular weight excluding hydrogens is 270 g/mol. The molecule has 1 fully saturated rings. The zero-order valence-electron chi connectivity index (χ0n) is 12.1. The predicted octanol–water partition coefficient (Wildman–Crippen LogP) is 3.72.